The van der Waals surface area contributed by atoms with Crippen LogP contribution < -0.4 is 19.9 Å². The summed E-state index contributed by atoms with van der Waals surface area (Å²) < 4.78 is 61.6. The molecule has 0 aliphatic rings. The van der Waals surface area contributed by atoms with Crippen LogP contribution in [0.3, 0.4) is 0 Å². The number of anilines is 2. The van der Waals surface area contributed by atoms with Crippen LogP contribution in [0.25, 0.3) is 0 Å². The lowest BCUT2D eigenvalue weighted by molar-refractivity contribution is -0.137. The summed E-state index contributed by atoms with van der Waals surface area (Å²) in [6, 6.07) is 14.6. The van der Waals surface area contributed by atoms with Crippen LogP contribution in [-0.4, -0.2) is 36.9 Å². The van der Waals surface area contributed by atoms with Gasteiger partial charge < -0.3 is 24.6 Å². The fourth-order valence-electron chi connectivity index (χ4n) is 3.78. The fourth-order valence-corrected chi connectivity index (χ4v) is 4.23. The zero-order valence-corrected chi connectivity index (χ0v) is 22.7. The van der Waals surface area contributed by atoms with Crippen molar-refractivity contribution in [2.24, 2.45) is 0 Å². The number of nitrogens with one attached hydrogen (secondary N) is 1. The Balaban J connectivity index is 2.02. The summed E-state index contributed by atoms with van der Waals surface area (Å²) in [6.07, 6.45) is -4.23. The number of thiocarbonyl (C=S) groups is 1. The Hall–Kier alpha value is -4.50. The first-order chi connectivity index (χ1) is 18.7. The molecule has 0 unspecified atom stereocenters. The predicted molar refractivity (Wildman–Crippen MR) is 146 cm³/mol. The van der Waals surface area contributed by atoms with Gasteiger partial charge in [-0.2, -0.15) is 18.4 Å². The van der Waals surface area contributed by atoms with Crippen molar-refractivity contribution in [3.05, 3.63) is 83.2 Å². The molecule has 0 spiro atoms. The molecule has 0 aliphatic carbocycles. The van der Waals surface area contributed by atoms with E-state index in [0.717, 1.165) is 18.2 Å². The van der Waals surface area contributed by atoms with E-state index in [1.165, 1.54) is 74.1 Å². The van der Waals surface area contributed by atoms with Gasteiger partial charge in [0.15, 0.2) is 16.7 Å². The molecule has 0 aliphatic heterocycles. The number of hydrogen-bond donors (Lipinski definition) is 1. The van der Waals surface area contributed by atoms with E-state index in [1.807, 2.05) is 0 Å². The number of ether oxygens (including phenoxy) is 1. The third-order valence-corrected chi connectivity index (χ3v) is 6.37. The normalized spacial score (nSPS) is 11.3. The number of alkyl halides is 3. The summed E-state index contributed by atoms with van der Waals surface area (Å²) in [7, 11) is 2.83. The van der Waals surface area contributed by atoms with Gasteiger partial charge in [0.1, 0.15) is 12.0 Å². The van der Waals surface area contributed by atoms with Gasteiger partial charge in [-0.1, -0.05) is 12.1 Å². The second kappa shape index (κ2) is 11.7. The Morgan fingerprint density at radius 2 is 1.70 bits per heavy atom. The van der Waals surface area contributed by atoms with Gasteiger partial charge in [0, 0.05) is 31.5 Å². The number of nitriles is 1. The predicted octanol–water partition coefficient (Wildman–Crippen LogP) is 6.07. The van der Waals surface area contributed by atoms with Crippen LogP contribution in [0.1, 0.15) is 35.3 Å². The van der Waals surface area contributed by atoms with Crippen molar-refractivity contribution in [2.45, 2.75) is 25.6 Å². The van der Waals surface area contributed by atoms with Gasteiger partial charge in [0.25, 0.3) is 5.91 Å². The number of amides is 1. The van der Waals surface area contributed by atoms with Crippen molar-refractivity contribution < 1.29 is 31.9 Å². The molecule has 1 N–H and O–H groups in total. The third kappa shape index (κ3) is 6.21. The Labute approximate surface area is 233 Å². The number of halogens is 4. The van der Waals surface area contributed by atoms with Crippen LogP contribution in [-0.2, 0) is 11.0 Å². The van der Waals surface area contributed by atoms with Crippen LogP contribution in [0.4, 0.5) is 28.9 Å². The molecule has 0 saturated carbocycles. The second-order valence-electron chi connectivity index (χ2n) is 9.08. The van der Waals surface area contributed by atoms with Gasteiger partial charge in [-0.15, -0.1) is 0 Å². The molecule has 0 heterocycles. The number of carbonyl (C=O) groups is 2. The van der Waals surface area contributed by atoms with Crippen LogP contribution in [0.15, 0.2) is 60.7 Å². The highest BCUT2D eigenvalue weighted by Crippen LogP contribution is 2.36. The number of aldehydes is 1. The smallest absolute Gasteiger partial charge is 0.417 e. The van der Waals surface area contributed by atoms with Crippen molar-refractivity contribution in [3.63, 3.8) is 0 Å². The van der Waals surface area contributed by atoms with E-state index in [9.17, 15) is 22.8 Å². The topological polar surface area (TPSA) is 85.7 Å². The molecule has 0 radical (unpaired) electrons. The highest BCUT2D eigenvalue weighted by Gasteiger charge is 2.36. The highest BCUT2D eigenvalue weighted by molar-refractivity contribution is 7.80. The van der Waals surface area contributed by atoms with E-state index in [0.29, 0.717) is 6.29 Å². The Morgan fingerprint density at radius 3 is 2.27 bits per heavy atom. The molecule has 3 aromatic carbocycles. The highest BCUT2D eigenvalue weighted by atomic mass is 32.1. The molecule has 12 heteroatoms. The van der Waals surface area contributed by atoms with Gasteiger partial charge in [-0.05, 0) is 68.5 Å². The molecule has 3 rings (SSSR count). The summed E-state index contributed by atoms with van der Waals surface area (Å²) in [5.41, 5.74) is -2.77. The molecular weight excluding hydrogens is 548 g/mol. The van der Waals surface area contributed by atoms with Crippen molar-refractivity contribution >= 4 is 40.9 Å². The number of carbonyl (C=O) groups excluding carboxylic acids is 2. The summed E-state index contributed by atoms with van der Waals surface area (Å²) in [4.78, 5) is 26.7. The van der Waals surface area contributed by atoms with Crippen LogP contribution in [0.5, 0.6) is 11.5 Å². The Kier molecular flexibility index (Phi) is 8.80. The second-order valence-corrected chi connectivity index (χ2v) is 9.45. The molecule has 0 atom stereocenters. The maximum atomic E-state index is 15.3. The molecule has 0 fully saturated rings. The lowest BCUT2D eigenvalue weighted by Crippen LogP contribution is -2.54. The number of nitrogens with zero attached hydrogens (tertiary/aromatic N) is 3. The molecule has 1 amide bonds. The summed E-state index contributed by atoms with van der Waals surface area (Å²) in [6.45, 7) is 3.00. The number of benzene rings is 3. The van der Waals surface area contributed by atoms with E-state index in [-0.39, 0.29) is 33.5 Å². The molecule has 40 heavy (non-hydrogen) atoms. The minimum absolute atomic E-state index is 0.00532. The van der Waals surface area contributed by atoms with E-state index < -0.39 is 34.6 Å². The van der Waals surface area contributed by atoms with E-state index in [1.54, 1.807) is 12.1 Å². The van der Waals surface area contributed by atoms with Crippen molar-refractivity contribution in [2.75, 3.05) is 23.9 Å². The quantitative estimate of drug-likeness (QED) is 0.209. The minimum Gasteiger partial charge on any atom is -0.453 e. The molecule has 0 bridgehead atoms. The maximum Gasteiger partial charge on any atom is 0.417 e. The first-order valence-corrected chi connectivity index (χ1v) is 12.1. The van der Waals surface area contributed by atoms with E-state index in [4.69, 9.17) is 22.2 Å². The van der Waals surface area contributed by atoms with Gasteiger partial charge in [0.05, 0.1) is 28.3 Å². The first kappa shape index (κ1) is 30.0. The Morgan fingerprint density at radius 1 is 1.05 bits per heavy atom. The summed E-state index contributed by atoms with van der Waals surface area (Å²) >= 11 is 5.56. The van der Waals surface area contributed by atoms with E-state index >= 15 is 4.39 Å². The van der Waals surface area contributed by atoms with Gasteiger partial charge >= 0.3 is 6.18 Å². The van der Waals surface area contributed by atoms with Crippen molar-refractivity contribution in [3.8, 4) is 17.6 Å². The molecule has 7 nitrogen and oxygen atoms in total. The lowest BCUT2D eigenvalue weighted by atomic mass is 10.0. The molecule has 208 valence electrons. The van der Waals surface area contributed by atoms with Crippen molar-refractivity contribution in [1.82, 2.24) is 5.32 Å². The Bertz CT molecular complexity index is 1500. The van der Waals surface area contributed by atoms with E-state index in [2.05, 4.69) is 5.32 Å². The summed E-state index contributed by atoms with van der Waals surface area (Å²) in [5, 5.41) is 11.4. The monoisotopic (exact) mass is 572 g/mol. The zero-order chi connectivity index (χ0) is 29.8. The summed E-state index contributed by atoms with van der Waals surface area (Å²) in [5.74, 6) is -1.39. The third-order valence-electron chi connectivity index (χ3n) is 5.91. The number of para-hydroxylation sites is 1. The molecule has 0 saturated heterocycles. The van der Waals surface area contributed by atoms with Crippen LogP contribution in [0.2, 0.25) is 0 Å². The largest absolute Gasteiger partial charge is 0.453 e. The average Bonchev–Trinajstić information content (AvgIpc) is 2.93. The molecule has 0 aromatic heterocycles. The first-order valence-electron chi connectivity index (χ1n) is 11.7. The van der Waals surface area contributed by atoms with Crippen LogP contribution in [0, 0.1) is 17.1 Å². The fraction of sp³-hybridized carbons (Fsp3) is 0.214. The van der Waals surface area contributed by atoms with Gasteiger partial charge in [-0.3, -0.25) is 4.79 Å². The number of hydrogen-bond acceptors (Lipinski definition) is 5. The van der Waals surface area contributed by atoms with Gasteiger partial charge in [-0.25, -0.2) is 4.39 Å². The van der Waals surface area contributed by atoms with Gasteiger partial charge in [0.2, 0.25) is 0 Å². The lowest BCUT2D eigenvalue weighted by Gasteiger charge is -2.39. The van der Waals surface area contributed by atoms with Crippen molar-refractivity contribution in [1.29, 1.82) is 5.26 Å². The SMILES string of the molecule is CNC(=O)c1ccccc1Oc1ccc(N(C(=S)N(C)c2ccc(C#N)c(C(F)(F)F)c2)C(C)(C)C=O)cc1F. The number of rotatable bonds is 7. The van der Waals surface area contributed by atoms with Crippen LogP contribution >= 0.6 is 12.2 Å². The zero-order valence-electron chi connectivity index (χ0n) is 21.8. The molecule has 3 aromatic rings. The molecular formula is C28H24F4N4O3S. The minimum atomic E-state index is -4.79. The maximum absolute atomic E-state index is 15.3. The average molecular weight is 573 g/mol. The standard InChI is InChI=1S/C28H24F4N4O3S/c1-27(2,16-37)36(26(40)35(4)18-10-9-17(15-33)21(13-18)28(30,31)32)19-11-12-24(22(29)14-19)39-23-8-6-5-7-20(23)25(38)34-3/h5-14,16H,1-4H3,(H,34,38).